The number of para-hydroxylation sites is 1. The summed E-state index contributed by atoms with van der Waals surface area (Å²) in [7, 11) is 0. The Kier molecular flexibility index (Phi) is 4.38. The molecule has 2 heterocycles. The molecule has 1 N–H and O–H groups in total. The Morgan fingerprint density at radius 1 is 1.10 bits per heavy atom. The highest BCUT2D eigenvalue weighted by Gasteiger charge is 2.12. The highest BCUT2D eigenvalue weighted by molar-refractivity contribution is 5.83. The van der Waals surface area contributed by atoms with E-state index in [2.05, 4.69) is 52.2 Å². The minimum atomic E-state index is 0.960. The summed E-state index contributed by atoms with van der Waals surface area (Å²) in [5.41, 5.74) is 2.82. The molecule has 1 aliphatic rings. The van der Waals surface area contributed by atoms with Crippen molar-refractivity contribution in [3.05, 3.63) is 36.0 Å². The lowest BCUT2D eigenvalue weighted by molar-refractivity contribution is 0.324. The third-order valence-corrected chi connectivity index (χ3v) is 4.29. The molecule has 108 valence electrons. The minimum absolute atomic E-state index is 0.960. The van der Waals surface area contributed by atoms with Crippen LogP contribution < -0.4 is 5.32 Å². The van der Waals surface area contributed by atoms with Gasteiger partial charge in [-0.2, -0.15) is 0 Å². The van der Waals surface area contributed by atoms with E-state index >= 15 is 0 Å². The molecule has 0 amide bonds. The van der Waals surface area contributed by atoms with Crippen LogP contribution in [0.25, 0.3) is 10.9 Å². The number of likely N-dealkylation sites (tertiary alicyclic amines) is 1. The predicted octanol–water partition coefficient (Wildman–Crippen LogP) is 2.85. The monoisotopic (exact) mass is 271 g/mol. The van der Waals surface area contributed by atoms with Crippen LogP contribution in [0, 0.1) is 0 Å². The molecule has 1 fully saturated rings. The van der Waals surface area contributed by atoms with Crippen LogP contribution in [0.2, 0.25) is 0 Å². The van der Waals surface area contributed by atoms with Crippen LogP contribution in [-0.2, 0) is 13.1 Å². The average Bonchev–Trinajstić information content (AvgIpc) is 3.12. The van der Waals surface area contributed by atoms with Crippen molar-refractivity contribution in [2.24, 2.45) is 0 Å². The van der Waals surface area contributed by atoms with Gasteiger partial charge in [-0.1, -0.05) is 25.1 Å². The minimum Gasteiger partial charge on any atom is -0.346 e. The summed E-state index contributed by atoms with van der Waals surface area (Å²) >= 11 is 0. The van der Waals surface area contributed by atoms with E-state index in [1.165, 1.54) is 48.9 Å². The van der Waals surface area contributed by atoms with Crippen LogP contribution in [-0.4, -0.2) is 35.6 Å². The van der Waals surface area contributed by atoms with E-state index in [9.17, 15) is 0 Å². The maximum absolute atomic E-state index is 3.45. The molecule has 3 rings (SSSR count). The van der Waals surface area contributed by atoms with Crippen molar-refractivity contribution in [2.45, 2.75) is 32.9 Å². The Morgan fingerprint density at radius 3 is 2.75 bits per heavy atom. The van der Waals surface area contributed by atoms with Gasteiger partial charge in [-0.25, -0.2) is 0 Å². The first-order valence-electron chi connectivity index (χ1n) is 7.88. The average molecular weight is 271 g/mol. The number of aromatic nitrogens is 1. The number of nitrogens with zero attached hydrogens (tertiary/aromatic N) is 2. The summed E-state index contributed by atoms with van der Waals surface area (Å²) in [5.74, 6) is 0. The molecular formula is C17H25N3. The Hall–Kier alpha value is -1.32. The van der Waals surface area contributed by atoms with E-state index in [1.54, 1.807) is 0 Å². The molecule has 3 nitrogen and oxygen atoms in total. The summed E-state index contributed by atoms with van der Waals surface area (Å²) in [4.78, 5) is 2.58. The third kappa shape index (κ3) is 2.89. The fourth-order valence-electron chi connectivity index (χ4n) is 3.18. The van der Waals surface area contributed by atoms with E-state index in [1.807, 2.05) is 0 Å². The van der Waals surface area contributed by atoms with E-state index in [-0.39, 0.29) is 0 Å². The number of hydrogen-bond donors (Lipinski definition) is 1. The van der Waals surface area contributed by atoms with Gasteiger partial charge < -0.3 is 14.8 Å². The molecule has 0 atom stereocenters. The predicted molar refractivity (Wildman–Crippen MR) is 85.0 cm³/mol. The fourth-order valence-corrected chi connectivity index (χ4v) is 3.18. The highest BCUT2D eigenvalue weighted by Crippen LogP contribution is 2.21. The standard InChI is InChI=1S/C17H25N3/c1-2-18-14-16-7-5-6-15-8-11-20(17(15)16)13-12-19-9-3-4-10-19/h5-8,11,18H,2-4,9-10,12-14H2,1H3. The normalized spacial score (nSPS) is 16.2. The molecule has 1 aromatic heterocycles. The van der Waals surface area contributed by atoms with E-state index in [4.69, 9.17) is 0 Å². The van der Waals surface area contributed by atoms with Gasteiger partial charge in [0.2, 0.25) is 0 Å². The molecule has 0 aliphatic carbocycles. The van der Waals surface area contributed by atoms with E-state index < -0.39 is 0 Å². The van der Waals surface area contributed by atoms with Gasteiger partial charge in [0.15, 0.2) is 0 Å². The zero-order valence-electron chi connectivity index (χ0n) is 12.4. The number of fused-ring (bicyclic) bond motifs is 1. The second kappa shape index (κ2) is 6.42. The lowest BCUT2D eigenvalue weighted by Crippen LogP contribution is -2.24. The Bertz CT molecular complexity index is 552. The summed E-state index contributed by atoms with van der Waals surface area (Å²) in [5, 5.41) is 4.81. The molecule has 0 spiro atoms. The summed E-state index contributed by atoms with van der Waals surface area (Å²) in [6, 6.07) is 8.88. The molecular weight excluding hydrogens is 246 g/mol. The van der Waals surface area contributed by atoms with Crippen molar-refractivity contribution in [3.8, 4) is 0 Å². The first kappa shape index (κ1) is 13.7. The number of benzene rings is 1. The van der Waals surface area contributed by atoms with Gasteiger partial charge in [-0.05, 0) is 49.5 Å². The second-order valence-electron chi connectivity index (χ2n) is 5.69. The molecule has 1 aliphatic heterocycles. The molecule has 1 aromatic carbocycles. The van der Waals surface area contributed by atoms with Gasteiger partial charge in [-0.3, -0.25) is 0 Å². The first-order valence-corrected chi connectivity index (χ1v) is 7.88. The molecule has 2 aromatic rings. The van der Waals surface area contributed by atoms with Crippen molar-refractivity contribution >= 4 is 10.9 Å². The zero-order valence-corrected chi connectivity index (χ0v) is 12.4. The molecule has 0 saturated carbocycles. The van der Waals surface area contributed by atoms with Crippen molar-refractivity contribution in [2.75, 3.05) is 26.2 Å². The summed E-state index contributed by atoms with van der Waals surface area (Å²) < 4.78 is 2.43. The van der Waals surface area contributed by atoms with Crippen LogP contribution in [0.3, 0.4) is 0 Å². The SMILES string of the molecule is CCNCc1cccc2ccn(CCN3CCCC3)c12. The van der Waals surface area contributed by atoms with E-state index in [0.29, 0.717) is 0 Å². The lowest BCUT2D eigenvalue weighted by atomic mass is 10.1. The largest absolute Gasteiger partial charge is 0.346 e. The van der Waals surface area contributed by atoms with Crippen molar-refractivity contribution in [1.82, 2.24) is 14.8 Å². The van der Waals surface area contributed by atoms with Crippen LogP contribution in [0.5, 0.6) is 0 Å². The Morgan fingerprint density at radius 2 is 1.95 bits per heavy atom. The van der Waals surface area contributed by atoms with E-state index in [0.717, 1.165) is 19.6 Å². The maximum Gasteiger partial charge on any atom is 0.0526 e. The summed E-state index contributed by atoms with van der Waals surface area (Å²) in [6.07, 6.45) is 4.99. The van der Waals surface area contributed by atoms with Crippen LogP contribution in [0.15, 0.2) is 30.5 Å². The van der Waals surface area contributed by atoms with Crippen molar-refractivity contribution in [3.63, 3.8) is 0 Å². The number of nitrogens with one attached hydrogen (secondary N) is 1. The zero-order chi connectivity index (χ0) is 13.8. The van der Waals surface area contributed by atoms with Gasteiger partial charge in [0.25, 0.3) is 0 Å². The van der Waals surface area contributed by atoms with Crippen LogP contribution in [0.4, 0.5) is 0 Å². The molecule has 3 heteroatoms. The van der Waals surface area contributed by atoms with Crippen LogP contribution in [0.1, 0.15) is 25.3 Å². The number of hydrogen-bond acceptors (Lipinski definition) is 2. The highest BCUT2D eigenvalue weighted by atomic mass is 15.2. The fraction of sp³-hybridized carbons (Fsp3) is 0.529. The summed E-state index contributed by atoms with van der Waals surface area (Å²) in [6.45, 7) is 8.98. The Balaban J connectivity index is 1.78. The topological polar surface area (TPSA) is 20.2 Å². The third-order valence-electron chi connectivity index (χ3n) is 4.29. The van der Waals surface area contributed by atoms with Crippen LogP contribution >= 0.6 is 0 Å². The van der Waals surface area contributed by atoms with Gasteiger partial charge in [-0.15, -0.1) is 0 Å². The lowest BCUT2D eigenvalue weighted by Gasteiger charge is -2.16. The van der Waals surface area contributed by atoms with Gasteiger partial charge in [0, 0.05) is 25.8 Å². The first-order chi connectivity index (χ1) is 9.88. The molecule has 0 radical (unpaired) electrons. The molecule has 1 saturated heterocycles. The maximum atomic E-state index is 3.45. The Labute approximate surface area is 121 Å². The van der Waals surface area contributed by atoms with Gasteiger partial charge in [0.1, 0.15) is 0 Å². The molecule has 0 bridgehead atoms. The molecule has 0 unspecified atom stereocenters. The molecule has 20 heavy (non-hydrogen) atoms. The van der Waals surface area contributed by atoms with Crippen molar-refractivity contribution < 1.29 is 0 Å². The van der Waals surface area contributed by atoms with Gasteiger partial charge in [0.05, 0.1) is 5.52 Å². The quantitative estimate of drug-likeness (QED) is 0.872. The van der Waals surface area contributed by atoms with Crippen molar-refractivity contribution in [1.29, 1.82) is 0 Å². The smallest absolute Gasteiger partial charge is 0.0526 e. The second-order valence-corrected chi connectivity index (χ2v) is 5.69. The van der Waals surface area contributed by atoms with Gasteiger partial charge >= 0.3 is 0 Å². The number of rotatable bonds is 6.